The maximum atomic E-state index is 14.0. The van der Waals surface area contributed by atoms with Gasteiger partial charge in [0.15, 0.2) is 5.75 Å². The predicted octanol–water partition coefficient (Wildman–Crippen LogP) is 5.64. The van der Waals surface area contributed by atoms with Gasteiger partial charge in [-0.2, -0.15) is 13.2 Å². The molecule has 0 amide bonds. The molecule has 0 bridgehead atoms. The van der Waals surface area contributed by atoms with Crippen LogP contribution in [-0.4, -0.2) is 14.8 Å². The Morgan fingerprint density at radius 2 is 1.59 bits per heavy atom. The monoisotopic (exact) mass is 469 g/mol. The van der Waals surface area contributed by atoms with Gasteiger partial charge in [-0.25, -0.2) is 4.39 Å². The SMILES string of the molecule is O=c1cc(CC(O)c2ccc(C(F)(F)F)c(F)c2)n(-c2cccc(-c3ccccc3)c2)cc1O. The van der Waals surface area contributed by atoms with Gasteiger partial charge in [0, 0.05) is 23.9 Å². The van der Waals surface area contributed by atoms with E-state index < -0.39 is 34.8 Å². The summed E-state index contributed by atoms with van der Waals surface area (Å²) in [5.41, 5.74) is 0.483. The molecule has 34 heavy (non-hydrogen) atoms. The number of aliphatic hydroxyl groups excluding tert-OH is 1. The van der Waals surface area contributed by atoms with E-state index in [9.17, 15) is 32.6 Å². The van der Waals surface area contributed by atoms with Crippen LogP contribution < -0.4 is 5.43 Å². The predicted molar refractivity (Wildman–Crippen MR) is 119 cm³/mol. The fraction of sp³-hybridized carbons (Fsp3) is 0.115. The Balaban J connectivity index is 1.71. The average molecular weight is 469 g/mol. The molecule has 0 radical (unpaired) electrons. The minimum atomic E-state index is -4.85. The van der Waals surface area contributed by atoms with E-state index in [1.165, 1.54) is 10.8 Å². The van der Waals surface area contributed by atoms with Gasteiger partial charge < -0.3 is 14.8 Å². The number of hydrogen-bond donors (Lipinski definition) is 2. The third-order valence-electron chi connectivity index (χ3n) is 5.43. The molecule has 8 heteroatoms. The molecular formula is C26H19F4NO3. The van der Waals surface area contributed by atoms with Crippen LogP contribution in [0.2, 0.25) is 0 Å². The Morgan fingerprint density at radius 3 is 2.26 bits per heavy atom. The molecule has 4 aromatic rings. The summed E-state index contributed by atoms with van der Waals surface area (Å²) in [6.45, 7) is 0. The first-order valence-electron chi connectivity index (χ1n) is 10.3. The molecule has 1 unspecified atom stereocenters. The van der Waals surface area contributed by atoms with Crippen LogP contribution >= 0.6 is 0 Å². The van der Waals surface area contributed by atoms with Crippen molar-refractivity contribution in [3.8, 4) is 22.6 Å². The number of aromatic hydroxyl groups is 1. The van der Waals surface area contributed by atoms with E-state index in [-0.39, 0.29) is 17.7 Å². The molecule has 4 rings (SSSR count). The van der Waals surface area contributed by atoms with Crippen LogP contribution in [0.25, 0.3) is 16.8 Å². The Hall–Kier alpha value is -3.91. The molecule has 4 nitrogen and oxygen atoms in total. The molecule has 1 heterocycles. The van der Waals surface area contributed by atoms with Crippen LogP contribution in [0, 0.1) is 5.82 Å². The lowest BCUT2D eigenvalue weighted by Gasteiger charge is -2.18. The Labute approximate surface area is 192 Å². The van der Waals surface area contributed by atoms with Gasteiger partial charge in [-0.3, -0.25) is 4.79 Å². The molecule has 2 N–H and O–H groups in total. The minimum absolute atomic E-state index is 0.0735. The molecule has 0 aliphatic carbocycles. The third kappa shape index (κ3) is 4.87. The zero-order valence-electron chi connectivity index (χ0n) is 17.6. The van der Waals surface area contributed by atoms with E-state index in [4.69, 9.17) is 0 Å². The number of alkyl halides is 3. The number of hydrogen-bond acceptors (Lipinski definition) is 3. The summed E-state index contributed by atoms with van der Waals surface area (Å²) in [6.07, 6.45) is -5.25. The summed E-state index contributed by atoms with van der Waals surface area (Å²) < 4.78 is 54.0. The Kier molecular flexibility index (Phi) is 6.26. The fourth-order valence-corrected chi connectivity index (χ4v) is 3.71. The molecule has 0 saturated carbocycles. The lowest BCUT2D eigenvalue weighted by atomic mass is 10.0. The highest BCUT2D eigenvalue weighted by Crippen LogP contribution is 2.33. The largest absolute Gasteiger partial charge is 0.503 e. The van der Waals surface area contributed by atoms with Gasteiger partial charge in [0.1, 0.15) is 5.82 Å². The van der Waals surface area contributed by atoms with Crippen molar-refractivity contribution < 1.29 is 27.8 Å². The summed E-state index contributed by atoms with van der Waals surface area (Å²) in [6, 6.07) is 20.1. The van der Waals surface area contributed by atoms with Crippen molar-refractivity contribution >= 4 is 0 Å². The number of rotatable bonds is 5. The first-order valence-corrected chi connectivity index (χ1v) is 10.3. The molecule has 0 aliphatic rings. The molecule has 174 valence electrons. The molecular weight excluding hydrogens is 450 g/mol. The lowest BCUT2D eigenvalue weighted by molar-refractivity contribution is -0.140. The summed E-state index contributed by atoms with van der Waals surface area (Å²) in [5, 5.41) is 20.6. The highest BCUT2D eigenvalue weighted by Gasteiger charge is 2.34. The molecule has 1 aromatic heterocycles. The molecule has 0 aliphatic heterocycles. The van der Waals surface area contributed by atoms with Crippen LogP contribution in [0.4, 0.5) is 17.6 Å². The molecule has 3 aromatic carbocycles. The van der Waals surface area contributed by atoms with Crippen LogP contribution in [0.3, 0.4) is 0 Å². The average Bonchev–Trinajstić information content (AvgIpc) is 2.81. The van der Waals surface area contributed by atoms with Crippen molar-refractivity contribution in [3.05, 3.63) is 118 Å². The van der Waals surface area contributed by atoms with Gasteiger partial charge in [0.2, 0.25) is 5.43 Å². The minimum Gasteiger partial charge on any atom is -0.503 e. The van der Waals surface area contributed by atoms with E-state index >= 15 is 0 Å². The third-order valence-corrected chi connectivity index (χ3v) is 5.43. The van der Waals surface area contributed by atoms with Crippen molar-refractivity contribution in [1.29, 1.82) is 0 Å². The van der Waals surface area contributed by atoms with Crippen molar-refractivity contribution in [1.82, 2.24) is 4.57 Å². The number of benzene rings is 3. The zero-order valence-corrected chi connectivity index (χ0v) is 17.6. The van der Waals surface area contributed by atoms with Gasteiger partial charge in [0.25, 0.3) is 0 Å². The normalized spacial score (nSPS) is 12.5. The first kappa shape index (κ1) is 23.3. The van der Waals surface area contributed by atoms with E-state index in [0.717, 1.165) is 23.3 Å². The highest BCUT2D eigenvalue weighted by atomic mass is 19.4. The number of pyridine rings is 1. The summed E-state index contributed by atoms with van der Waals surface area (Å²) >= 11 is 0. The van der Waals surface area contributed by atoms with E-state index in [1.807, 2.05) is 42.5 Å². The molecule has 0 spiro atoms. The highest BCUT2D eigenvalue weighted by molar-refractivity contribution is 5.66. The van der Waals surface area contributed by atoms with Gasteiger partial charge in [0.05, 0.1) is 17.9 Å². The first-order chi connectivity index (χ1) is 16.1. The van der Waals surface area contributed by atoms with E-state index in [2.05, 4.69) is 0 Å². The van der Waals surface area contributed by atoms with Crippen molar-refractivity contribution in [2.24, 2.45) is 0 Å². The van der Waals surface area contributed by atoms with Crippen molar-refractivity contribution in [3.63, 3.8) is 0 Å². The second-order valence-corrected chi connectivity index (χ2v) is 7.76. The molecule has 0 fully saturated rings. The summed E-state index contributed by atoms with van der Waals surface area (Å²) in [7, 11) is 0. The fourth-order valence-electron chi connectivity index (χ4n) is 3.71. The number of aromatic nitrogens is 1. The smallest absolute Gasteiger partial charge is 0.419 e. The second-order valence-electron chi connectivity index (χ2n) is 7.76. The van der Waals surface area contributed by atoms with Gasteiger partial charge in [-0.05, 0) is 41.0 Å². The topological polar surface area (TPSA) is 62.5 Å². The van der Waals surface area contributed by atoms with E-state index in [1.54, 1.807) is 12.1 Å². The maximum Gasteiger partial charge on any atom is 0.419 e. The number of nitrogens with zero attached hydrogens (tertiary/aromatic N) is 1. The number of halogens is 4. The summed E-state index contributed by atoms with van der Waals surface area (Å²) in [4.78, 5) is 12.1. The Bertz CT molecular complexity index is 1380. The molecule has 0 saturated heterocycles. The van der Waals surface area contributed by atoms with Gasteiger partial charge in [-0.1, -0.05) is 48.5 Å². The van der Waals surface area contributed by atoms with Crippen LogP contribution in [0.5, 0.6) is 5.75 Å². The summed E-state index contributed by atoms with van der Waals surface area (Å²) in [5.74, 6) is -2.01. The Morgan fingerprint density at radius 1 is 0.882 bits per heavy atom. The number of aliphatic hydroxyl groups is 1. The zero-order chi connectivity index (χ0) is 24.5. The van der Waals surface area contributed by atoms with Gasteiger partial charge in [-0.15, -0.1) is 0 Å². The maximum absolute atomic E-state index is 14.0. The van der Waals surface area contributed by atoms with Crippen LogP contribution in [0.1, 0.15) is 22.9 Å². The van der Waals surface area contributed by atoms with Crippen LogP contribution in [0.15, 0.2) is 89.9 Å². The lowest BCUT2D eigenvalue weighted by Crippen LogP contribution is -2.15. The van der Waals surface area contributed by atoms with E-state index in [0.29, 0.717) is 17.8 Å². The molecule has 1 atom stereocenters. The van der Waals surface area contributed by atoms with Gasteiger partial charge >= 0.3 is 6.18 Å². The quantitative estimate of drug-likeness (QED) is 0.372. The van der Waals surface area contributed by atoms with Crippen molar-refractivity contribution in [2.75, 3.05) is 0 Å². The van der Waals surface area contributed by atoms with Crippen LogP contribution in [-0.2, 0) is 12.6 Å². The second kappa shape index (κ2) is 9.15. The van der Waals surface area contributed by atoms with Crippen molar-refractivity contribution in [2.45, 2.75) is 18.7 Å². The standard InChI is InChI=1S/C26H19F4NO3/c27-22-12-18(9-10-21(22)26(28,29)30)23(32)13-20-14-24(33)25(34)15-31(20)19-8-4-7-17(11-19)16-5-2-1-3-6-16/h1-12,14-15,23,32,34H,13H2.